The van der Waals surface area contributed by atoms with Crippen LogP contribution in [0.4, 0.5) is 0 Å². The Kier molecular flexibility index (Phi) is 6.61. The summed E-state index contributed by atoms with van der Waals surface area (Å²) in [5.74, 6) is 0.550. The monoisotopic (exact) mass is 232 g/mol. The van der Waals surface area contributed by atoms with E-state index in [-0.39, 0.29) is 5.92 Å². The third kappa shape index (κ3) is 4.72. The van der Waals surface area contributed by atoms with Gasteiger partial charge in [-0.2, -0.15) is 0 Å². The van der Waals surface area contributed by atoms with Crippen molar-refractivity contribution in [2.24, 2.45) is 0 Å². The lowest BCUT2D eigenvalue weighted by molar-refractivity contribution is -0.120. The quantitative estimate of drug-likeness (QED) is 0.634. The lowest BCUT2D eigenvalue weighted by atomic mass is 9.88. The summed E-state index contributed by atoms with van der Waals surface area (Å²) < 4.78 is 0. The van der Waals surface area contributed by atoms with Crippen LogP contribution in [0, 0.1) is 0 Å². The van der Waals surface area contributed by atoms with Gasteiger partial charge in [-0.15, -0.1) is 0 Å². The third-order valence-electron chi connectivity index (χ3n) is 3.21. The molecule has 0 aliphatic rings. The van der Waals surface area contributed by atoms with Crippen LogP contribution in [0.1, 0.15) is 63.9 Å². The van der Waals surface area contributed by atoms with E-state index in [1.807, 2.05) is 18.2 Å². The summed E-state index contributed by atoms with van der Waals surface area (Å²) in [4.78, 5) is 12.2. The summed E-state index contributed by atoms with van der Waals surface area (Å²) in [6.45, 7) is 4.31. The molecular weight excluding hydrogens is 208 g/mol. The van der Waals surface area contributed by atoms with Crippen LogP contribution in [-0.2, 0) is 4.79 Å². The lowest BCUT2D eigenvalue weighted by Gasteiger charge is -2.15. The number of hydrogen-bond donors (Lipinski definition) is 0. The van der Waals surface area contributed by atoms with Gasteiger partial charge in [0.1, 0.15) is 5.78 Å². The first-order valence-corrected chi connectivity index (χ1v) is 6.87. The van der Waals surface area contributed by atoms with E-state index in [0.29, 0.717) is 5.78 Å². The van der Waals surface area contributed by atoms with Crippen molar-refractivity contribution in [2.45, 2.75) is 58.3 Å². The summed E-state index contributed by atoms with van der Waals surface area (Å²) >= 11 is 0. The Morgan fingerprint density at radius 1 is 1.06 bits per heavy atom. The standard InChI is InChI=1S/C16H24O/c1-3-5-12-15(16(17)13-6-4-2)14-10-8-7-9-11-14/h7-11,15H,3-6,12-13H2,1-2H3. The first-order chi connectivity index (χ1) is 8.29. The predicted octanol–water partition coefficient (Wildman–Crippen LogP) is 4.72. The Hall–Kier alpha value is -1.11. The molecule has 0 amide bonds. The zero-order valence-corrected chi connectivity index (χ0v) is 11.1. The van der Waals surface area contributed by atoms with Gasteiger partial charge in [0, 0.05) is 12.3 Å². The second kappa shape index (κ2) is 8.05. The fourth-order valence-corrected chi connectivity index (χ4v) is 2.13. The molecule has 0 saturated heterocycles. The molecule has 0 N–H and O–H groups in total. The number of benzene rings is 1. The molecule has 17 heavy (non-hydrogen) atoms. The molecule has 0 aliphatic heterocycles. The fraction of sp³-hybridized carbons (Fsp3) is 0.562. The molecule has 0 spiro atoms. The van der Waals surface area contributed by atoms with Crippen LogP contribution in [0.3, 0.4) is 0 Å². The van der Waals surface area contributed by atoms with Crippen molar-refractivity contribution in [3.8, 4) is 0 Å². The van der Waals surface area contributed by atoms with Crippen molar-refractivity contribution in [3.63, 3.8) is 0 Å². The Balaban J connectivity index is 2.69. The molecule has 0 radical (unpaired) electrons. The number of Topliss-reactive ketones (excluding diaryl/α,β-unsaturated/α-hetero) is 1. The van der Waals surface area contributed by atoms with E-state index in [1.54, 1.807) is 0 Å². The Labute approximate surface area is 105 Å². The second-order valence-electron chi connectivity index (χ2n) is 4.68. The zero-order valence-electron chi connectivity index (χ0n) is 11.1. The van der Waals surface area contributed by atoms with E-state index in [4.69, 9.17) is 0 Å². The first-order valence-electron chi connectivity index (χ1n) is 6.87. The van der Waals surface area contributed by atoms with Gasteiger partial charge < -0.3 is 0 Å². The van der Waals surface area contributed by atoms with Crippen molar-refractivity contribution in [2.75, 3.05) is 0 Å². The Morgan fingerprint density at radius 3 is 2.29 bits per heavy atom. The van der Waals surface area contributed by atoms with Gasteiger partial charge in [-0.3, -0.25) is 4.79 Å². The van der Waals surface area contributed by atoms with E-state index in [1.165, 1.54) is 5.56 Å². The van der Waals surface area contributed by atoms with E-state index in [9.17, 15) is 4.79 Å². The highest BCUT2D eigenvalue weighted by molar-refractivity contribution is 5.85. The zero-order chi connectivity index (χ0) is 12.5. The minimum Gasteiger partial charge on any atom is -0.299 e. The van der Waals surface area contributed by atoms with Gasteiger partial charge in [-0.05, 0) is 18.4 Å². The third-order valence-corrected chi connectivity index (χ3v) is 3.21. The molecule has 1 atom stereocenters. The van der Waals surface area contributed by atoms with Crippen molar-refractivity contribution >= 4 is 5.78 Å². The fourth-order valence-electron chi connectivity index (χ4n) is 2.13. The molecule has 1 heteroatoms. The molecule has 0 fully saturated rings. The number of hydrogen-bond acceptors (Lipinski definition) is 1. The molecule has 0 bridgehead atoms. The minimum absolute atomic E-state index is 0.127. The minimum atomic E-state index is 0.127. The van der Waals surface area contributed by atoms with Gasteiger partial charge in [-0.1, -0.05) is 63.4 Å². The second-order valence-corrected chi connectivity index (χ2v) is 4.68. The molecule has 0 aliphatic carbocycles. The highest BCUT2D eigenvalue weighted by atomic mass is 16.1. The van der Waals surface area contributed by atoms with E-state index in [0.717, 1.165) is 38.5 Å². The average Bonchev–Trinajstić information content (AvgIpc) is 2.38. The SMILES string of the molecule is CCCCC(=O)C(CCCC)c1ccccc1. The van der Waals surface area contributed by atoms with Crippen LogP contribution in [0.15, 0.2) is 30.3 Å². The van der Waals surface area contributed by atoms with E-state index in [2.05, 4.69) is 26.0 Å². The number of ketones is 1. The average molecular weight is 232 g/mol. The normalized spacial score (nSPS) is 12.4. The van der Waals surface area contributed by atoms with Crippen LogP contribution < -0.4 is 0 Å². The summed E-state index contributed by atoms with van der Waals surface area (Å²) in [6, 6.07) is 10.2. The molecule has 94 valence electrons. The maximum atomic E-state index is 12.2. The van der Waals surface area contributed by atoms with Crippen molar-refractivity contribution < 1.29 is 4.79 Å². The molecule has 1 aromatic carbocycles. The Bertz CT molecular complexity index is 316. The largest absolute Gasteiger partial charge is 0.299 e. The number of carbonyl (C=O) groups excluding carboxylic acids is 1. The number of rotatable bonds is 8. The van der Waals surface area contributed by atoms with Crippen molar-refractivity contribution in [1.82, 2.24) is 0 Å². The maximum Gasteiger partial charge on any atom is 0.140 e. The Morgan fingerprint density at radius 2 is 1.71 bits per heavy atom. The first kappa shape index (κ1) is 14.0. The molecule has 0 saturated carbocycles. The summed E-state index contributed by atoms with van der Waals surface area (Å²) in [5.41, 5.74) is 1.20. The van der Waals surface area contributed by atoms with Gasteiger partial charge in [0.15, 0.2) is 0 Å². The van der Waals surface area contributed by atoms with Crippen LogP contribution in [-0.4, -0.2) is 5.78 Å². The lowest BCUT2D eigenvalue weighted by Crippen LogP contribution is -2.12. The van der Waals surface area contributed by atoms with Gasteiger partial charge in [0.2, 0.25) is 0 Å². The predicted molar refractivity (Wildman–Crippen MR) is 73.2 cm³/mol. The van der Waals surface area contributed by atoms with Crippen molar-refractivity contribution in [1.29, 1.82) is 0 Å². The van der Waals surface area contributed by atoms with Crippen molar-refractivity contribution in [3.05, 3.63) is 35.9 Å². The van der Waals surface area contributed by atoms with Crippen LogP contribution in [0.25, 0.3) is 0 Å². The van der Waals surface area contributed by atoms with Gasteiger partial charge >= 0.3 is 0 Å². The van der Waals surface area contributed by atoms with Gasteiger partial charge in [-0.25, -0.2) is 0 Å². The highest BCUT2D eigenvalue weighted by Crippen LogP contribution is 2.25. The maximum absolute atomic E-state index is 12.2. The number of carbonyl (C=O) groups is 1. The molecule has 1 unspecified atom stereocenters. The smallest absolute Gasteiger partial charge is 0.140 e. The topological polar surface area (TPSA) is 17.1 Å². The summed E-state index contributed by atoms with van der Waals surface area (Å²) in [6.07, 6.45) is 6.15. The highest BCUT2D eigenvalue weighted by Gasteiger charge is 2.18. The molecule has 1 nitrogen and oxygen atoms in total. The van der Waals surface area contributed by atoms with Crippen LogP contribution >= 0.6 is 0 Å². The summed E-state index contributed by atoms with van der Waals surface area (Å²) in [7, 11) is 0. The molecule has 1 aromatic rings. The van der Waals surface area contributed by atoms with E-state index >= 15 is 0 Å². The van der Waals surface area contributed by atoms with E-state index < -0.39 is 0 Å². The molecule has 0 aromatic heterocycles. The van der Waals surface area contributed by atoms with Gasteiger partial charge in [0.05, 0.1) is 0 Å². The van der Waals surface area contributed by atoms with Crippen LogP contribution in [0.5, 0.6) is 0 Å². The molecular formula is C16H24O. The summed E-state index contributed by atoms with van der Waals surface area (Å²) in [5, 5.41) is 0. The van der Waals surface area contributed by atoms with Gasteiger partial charge in [0.25, 0.3) is 0 Å². The molecule has 1 rings (SSSR count). The molecule has 0 heterocycles. The number of unbranched alkanes of at least 4 members (excludes halogenated alkanes) is 2. The van der Waals surface area contributed by atoms with Crippen LogP contribution in [0.2, 0.25) is 0 Å².